The van der Waals surface area contributed by atoms with E-state index >= 15 is 0 Å². The highest BCUT2D eigenvalue weighted by molar-refractivity contribution is 6.11. The Kier molecular flexibility index (Phi) is 3.92. The molecule has 0 amide bonds. The van der Waals surface area contributed by atoms with Crippen molar-refractivity contribution in [2.24, 2.45) is 4.99 Å². The van der Waals surface area contributed by atoms with Gasteiger partial charge in [0.25, 0.3) is 0 Å². The number of allylic oxidation sites excluding steroid dienone is 6. The molecular formula is C15H17NO2. The molecule has 3 heteroatoms. The molecule has 1 heterocycles. The van der Waals surface area contributed by atoms with Crippen LogP contribution < -0.4 is 0 Å². The lowest BCUT2D eigenvalue weighted by atomic mass is 10.0. The van der Waals surface area contributed by atoms with E-state index < -0.39 is 6.23 Å². The number of carbonyl (C=O) groups is 1. The van der Waals surface area contributed by atoms with Crippen molar-refractivity contribution in [1.29, 1.82) is 0 Å². The Morgan fingerprint density at radius 2 is 2.28 bits per heavy atom. The van der Waals surface area contributed by atoms with E-state index in [-0.39, 0.29) is 5.97 Å². The smallest absolute Gasteiger partial charge is 0.335 e. The summed E-state index contributed by atoms with van der Waals surface area (Å²) in [5.74, 6) is -0.315. The Labute approximate surface area is 107 Å². The quantitative estimate of drug-likeness (QED) is 0.564. The second kappa shape index (κ2) is 5.63. The van der Waals surface area contributed by atoms with Crippen LogP contribution in [0.5, 0.6) is 0 Å². The summed E-state index contributed by atoms with van der Waals surface area (Å²) in [5, 5.41) is 0. The lowest BCUT2D eigenvalue weighted by molar-refractivity contribution is -0.141. The fourth-order valence-electron chi connectivity index (χ4n) is 1.76. The molecule has 0 aromatic carbocycles. The Morgan fingerprint density at radius 3 is 2.94 bits per heavy atom. The molecule has 0 spiro atoms. The van der Waals surface area contributed by atoms with Crippen molar-refractivity contribution in [3.05, 3.63) is 47.6 Å². The van der Waals surface area contributed by atoms with E-state index in [1.807, 2.05) is 13.0 Å². The molecule has 0 fully saturated rings. The molecule has 0 saturated carbocycles. The van der Waals surface area contributed by atoms with Crippen molar-refractivity contribution in [2.45, 2.75) is 32.9 Å². The number of rotatable bonds is 3. The van der Waals surface area contributed by atoms with Gasteiger partial charge in [-0.1, -0.05) is 24.3 Å². The highest BCUT2D eigenvalue weighted by Crippen LogP contribution is 2.18. The van der Waals surface area contributed by atoms with Crippen molar-refractivity contribution < 1.29 is 9.53 Å². The zero-order valence-corrected chi connectivity index (χ0v) is 10.7. The number of nitrogens with zero attached hydrogens (tertiary/aromatic N) is 1. The second-order valence-corrected chi connectivity index (χ2v) is 4.28. The molecule has 0 bridgehead atoms. The Hall–Kier alpha value is -1.90. The van der Waals surface area contributed by atoms with Crippen LogP contribution in [0, 0.1) is 0 Å². The van der Waals surface area contributed by atoms with E-state index in [1.54, 1.807) is 19.1 Å². The minimum Gasteiger partial charge on any atom is -0.433 e. The highest BCUT2D eigenvalue weighted by Gasteiger charge is 2.17. The third-order valence-corrected chi connectivity index (χ3v) is 2.96. The van der Waals surface area contributed by atoms with Gasteiger partial charge in [-0.3, -0.25) is 0 Å². The first kappa shape index (κ1) is 12.6. The monoisotopic (exact) mass is 243 g/mol. The summed E-state index contributed by atoms with van der Waals surface area (Å²) in [6, 6.07) is 0. The Morgan fingerprint density at radius 1 is 1.44 bits per heavy atom. The van der Waals surface area contributed by atoms with Gasteiger partial charge in [0, 0.05) is 5.57 Å². The van der Waals surface area contributed by atoms with Gasteiger partial charge in [-0.25, -0.2) is 9.79 Å². The van der Waals surface area contributed by atoms with Gasteiger partial charge in [0.1, 0.15) is 0 Å². The summed E-state index contributed by atoms with van der Waals surface area (Å²) in [6.45, 7) is 3.55. The fourth-order valence-corrected chi connectivity index (χ4v) is 1.76. The average molecular weight is 243 g/mol. The standard InChI is InChI=1S/C15H17NO2/c1-3-11(2)15(17)18-14-10-9-13(16-14)12-7-5-4-6-8-12/h3,5,7-10,14H,4,6H2,1-2H3. The molecule has 3 nitrogen and oxygen atoms in total. The molecule has 18 heavy (non-hydrogen) atoms. The first-order valence-corrected chi connectivity index (χ1v) is 6.17. The molecule has 0 aromatic heterocycles. The van der Waals surface area contributed by atoms with E-state index in [1.165, 1.54) is 0 Å². The van der Waals surface area contributed by atoms with Crippen LogP contribution in [0.15, 0.2) is 52.6 Å². The number of hydrogen-bond acceptors (Lipinski definition) is 3. The van der Waals surface area contributed by atoms with Gasteiger partial charge in [-0.15, -0.1) is 0 Å². The van der Waals surface area contributed by atoms with Crippen molar-refractivity contribution in [3.63, 3.8) is 0 Å². The van der Waals surface area contributed by atoms with E-state index in [9.17, 15) is 4.79 Å². The Balaban J connectivity index is 2.01. The molecule has 1 unspecified atom stereocenters. The van der Waals surface area contributed by atoms with Crippen LogP contribution in [0.2, 0.25) is 0 Å². The lowest BCUT2D eigenvalue weighted by Crippen LogP contribution is -2.13. The van der Waals surface area contributed by atoms with E-state index in [0.29, 0.717) is 5.57 Å². The first-order chi connectivity index (χ1) is 8.70. The largest absolute Gasteiger partial charge is 0.433 e. The van der Waals surface area contributed by atoms with Crippen LogP contribution in [0.4, 0.5) is 0 Å². The molecule has 1 atom stereocenters. The van der Waals surface area contributed by atoms with E-state index in [4.69, 9.17) is 4.74 Å². The van der Waals surface area contributed by atoms with Crippen molar-refractivity contribution in [2.75, 3.05) is 0 Å². The Bertz CT molecular complexity index is 493. The molecule has 1 aliphatic heterocycles. The lowest BCUT2D eigenvalue weighted by Gasteiger charge is -2.08. The maximum absolute atomic E-state index is 11.6. The minimum absolute atomic E-state index is 0.315. The zero-order valence-electron chi connectivity index (χ0n) is 10.7. The number of carbonyl (C=O) groups excluding carboxylic acids is 1. The minimum atomic E-state index is -0.487. The van der Waals surface area contributed by atoms with Crippen LogP contribution in [0.3, 0.4) is 0 Å². The number of aliphatic imine (C=N–C) groups is 1. The molecule has 0 radical (unpaired) electrons. The zero-order chi connectivity index (χ0) is 13.0. The second-order valence-electron chi connectivity index (χ2n) is 4.28. The summed E-state index contributed by atoms with van der Waals surface area (Å²) < 4.78 is 5.25. The SMILES string of the molecule is CC=C(C)C(=O)OC1C=CC(C2=CCCC=C2)=N1. The van der Waals surface area contributed by atoms with Gasteiger partial charge in [-0.2, -0.15) is 0 Å². The van der Waals surface area contributed by atoms with Gasteiger partial charge in [0.15, 0.2) is 0 Å². The molecule has 0 N–H and O–H groups in total. The van der Waals surface area contributed by atoms with Crippen molar-refractivity contribution >= 4 is 11.7 Å². The summed E-state index contributed by atoms with van der Waals surface area (Å²) in [4.78, 5) is 16.0. The van der Waals surface area contributed by atoms with Gasteiger partial charge in [0.2, 0.25) is 6.23 Å². The summed E-state index contributed by atoms with van der Waals surface area (Å²) in [7, 11) is 0. The van der Waals surface area contributed by atoms with Crippen molar-refractivity contribution in [1.82, 2.24) is 0 Å². The van der Waals surface area contributed by atoms with Crippen molar-refractivity contribution in [3.8, 4) is 0 Å². The maximum Gasteiger partial charge on any atom is 0.335 e. The molecule has 1 aliphatic carbocycles. The fraction of sp³-hybridized carbons (Fsp3) is 0.333. The molecule has 2 aliphatic rings. The summed E-state index contributed by atoms with van der Waals surface area (Å²) >= 11 is 0. The normalized spacial score (nSPS) is 22.8. The predicted molar refractivity (Wildman–Crippen MR) is 72.3 cm³/mol. The maximum atomic E-state index is 11.6. The van der Waals surface area contributed by atoms with Crippen LogP contribution in [-0.2, 0) is 9.53 Å². The van der Waals surface area contributed by atoms with Gasteiger partial charge in [0.05, 0.1) is 5.71 Å². The number of ether oxygens (including phenoxy) is 1. The molecule has 0 saturated heterocycles. The topological polar surface area (TPSA) is 38.7 Å². The van der Waals surface area contributed by atoms with E-state index in [0.717, 1.165) is 24.1 Å². The van der Waals surface area contributed by atoms with Gasteiger partial charge < -0.3 is 4.74 Å². The van der Waals surface area contributed by atoms with Crippen LogP contribution >= 0.6 is 0 Å². The summed E-state index contributed by atoms with van der Waals surface area (Å²) in [6.07, 6.45) is 13.4. The van der Waals surface area contributed by atoms with Gasteiger partial charge >= 0.3 is 5.97 Å². The average Bonchev–Trinajstić information content (AvgIpc) is 2.87. The third-order valence-electron chi connectivity index (χ3n) is 2.96. The number of hydrogen-bond donors (Lipinski definition) is 0. The first-order valence-electron chi connectivity index (χ1n) is 6.17. The van der Waals surface area contributed by atoms with Gasteiger partial charge in [-0.05, 0) is 44.4 Å². The predicted octanol–water partition coefficient (Wildman–Crippen LogP) is 3.11. The van der Waals surface area contributed by atoms with Crippen LogP contribution in [0.1, 0.15) is 26.7 Å². The summed E-state index contributed by atoms with van der Waals surface area (Å²) in [5.41, 5.74) is 2.60. The third kappa shape index (κ3) is 2.86. The van der Waals surface area contributed by atoms with Crippen LogP contribution in [-0.4, -0.2) is 17.9 Å². The molecule has 94 valence electrons. The molecule has 0 aromatic rings. The number of esters is 1. The molecule has 2 rings (SSSR count). The van der Waals surface area contributed by atoms with E-state index in [2.05, 4.69) is 23.2 Å². The van der Waals surface area contributed by atoms with Crippen LogP contribution in [0.25, 0.3) is 0 Å². The highest BCUT2D eigenvalue weighted by atomic mass is 16.6. The molecular weight excluding hydrogens is 226 g/mol.